The first-order chi connectivity index (χ1) is 17.5. The first-order valence-electron chi connectivity index (χ1n) is 12.7. The van der Waals surface area contributed by atoms with Gasteiger partial charge in [-0.1, -0.05) is 24.2 Å². The Morgan fingerprint density at radius 2 is 1.86 bits per heavy atom. The van der Waals surface area contributed by atoms with Gasteiger partial charge in [0.2, 0.25) is 0 Å². The predicted octanol–water partition coefficient (Wildman–Crippen LogP) is 6.81. The third-order valence-corrected chi connectivity index (χ3v) is 7.65. The van der Waals surface area contributed by atoms with Gasteiger partial charge >= 0.3 is 0 Å². The molecule has 36 heavy (non-hydrogen) atoms. The Morgan fingerprint density at radius 3 is 2.61 bits per heavy atom. The van der Waals surface area contributed by atoms with Crippen LogP contribution in [0.3, 0.4) is 0 Å². The van der Waals surface area contributed by atoms with Gasteiger partial charge in [0.25, 0.3) is 0 Å². The molecular formula is C29H31ClN6. The molecule has 4 heterocycles. The molecule has 1 saturated carbocycles. The number of nitrogens with zero attached hydrogens (tertiary/aromatic N) is 3. The Morgan fingerprint density at radius 1 is 1.03 bits per heavy atom. The molecule has 0 bridgehead atoms. The van der Waals surface area contributed by atoms with E-state index in [1.54, 1.807) is 18.3 Å². The third-order valence-electron chi connectivity index (χ3n) is 7.42. The summed E-state index contributed by atoms with van der Waals surface area (Å²) in [7, 11) is 0. The normalized spacial score (nSPS) is 18.0. The summed E-state index contributed by atoms with van der Waals surface area (Å²) in [5.41, 5.74) is 6.61. The van der Waals surface area contributed by atoms with Crippen molar-refractivity contribution in [3.63, 3.8) is 0 Å². The maximum absolute atomic E-state index is 6.15. The lowest BCUT2D eigenvalue weighted by Gasteiger charge is -2.33. The summed E-state index contributed by atoms with van der Waals surface area (Å²) in [5.74, 6) is 2.71. The smallest absolute Gasteiger partial charge is 0.142 e. The van der Waals surface area contributed by atoms with Crippen molar-refractivity contribution in [2.24, 2.45) is 0 Å². The van der Waals surface area contributed by atoms with Gasteiger partial charge < -0.3 is 20.9 Å². The highest BCUT2D eigenvalue weighted by molar-refractivity contribution is 6.30. The number of hydrogen-bond donors (Lipinski definition) is 3. The highest BCUT2D eigenvalue weighted by Gasteiger charge is 2.32. The van der Waals surface area contributed by atoms with E-state index < -0.39 is 0 Å². The number of pyridine rings is 2. The minimum Gasteiger partial charge on any atom is -0.362 e. The molecule has 3 aliphatic rings. The summed E-state index contributed by atoms with van der Waals surface area (Å²) < 4.78 is 0. The zero-order chi connectivity index (χ0) is 24.6. The van der Waals surface area contributed by atoms with Gasteiger partial charge in [0.1, 0.15) is 17.5 Å². The fourth-order valence-corrected chi connectivity index (χ4v) is 5.60. The van der Waals surface area contributed by atoms with Crippen LogP contribution < -0.4 is 16.0 Å². The average Bonchev–Trinajstić information content (AvgIpc) is 3.70. The van der Waals surface area contributed by atoms with E-state index in [9.17, 15) is 0 Å². The molecular weight excluding hydrogens is 468 g/mol. The Bertz CT molecular complexity index is 1340. The number of anilines is 4. The van der Waals surface area contributed by atoms with E-state index in [4.69, 9.17) is 16.6 Å². The largest absolute Gasteiger partial charge is 0.362 e. The van der Waals surface area contributed by atoms with E-state index in [0.29, 0.717) is 22.6 Å². The van der Waals surface area contributed by atoms with Crippen molar-refractivity contribution in [1.29, 1.82) is 0 Å². The molecule has 7 heteroatoms. The second-order valence-corrected chi connectivity index (χ2v) is 10.4. The molecule has 2 aromatic heterocycles. The quantitative estimate of drug-likeness (QED) is 0.347. The number of fused-ring (bicyclic) bond motifs is 1. The van der Waals surface area contributed by atoms with Crippen LogP contribution in [0.15, 0.2) is 55.4 Å². The summed E-state index contributed by atoms with van der Waals surface area (Å²) in [6.45, 7) is 8.89. The van der Waals surface area contributed by atoms with Crippen LogP contribution >= 0.6 is 11.6 Å². The van der Waals surface area contributed by atoms with E-state index in [1.807, 2.05) is 18.3 Å². The molecule has 2 aliphatic heterocycles. The number of piperidine rings is 1. The van der Waals surface area contributed by atoms with Crippen LogP contribution in [0, 0.1) is 6.92 Å². The Balaban J connectivity index is 1.25. The highest BCUT2D eigenvalue weighted by atomic mass is 35.5. The molecule has 1 saturated heterocycles. The summed E-state index contributed by atoms with van der Waals surface area (Å²) in [6.07, 6.45) is 10.9. The zero-order valence-corrected chi connectivity index (χ0v) is 21.3. The van der Waals surface area contributed by atoms with E-state index in [1.165, 1.54) is 49.9 Å². The van der Waals surface area contributed by atoms with Gasteiger partial charge in [0.15, 0.2) is 0 Å². The Labute approximate surface area is 217 Å². The SMILES string of the molecule is C=C1NC=Cc2cc(Nc3cc(Cl)ccn3)nc(Nc3ccc(C4CCN(C5CC5)CC4)c(C)c3)c21. The van der Waals surface area contributed by atoms with Gasteiger partial charge in [0.05, 0.1) is 0 Å². The number of likely N-dealkylation sites (tertiary alicyclic amines) is 1. The van der Waals surface area contributed by atoms with E-state index in [0.717, 1.165) is 34.4 Å². The van der Waals surface area contributed by atoms with Crippen LogP contribution in [0.1, 0.15) is 53.9 Å². The van der Waals surface area contributed by atoms with E-state index >= 15 is 0 Å². The maximum Gasteiger partial charge on any atom is 0.142 e. The highest BCUT2D eigenvalue weighted by Crippen LogP contribution is 2.37. The lowest BCUT2D eigenvalue weighted by Crippen LogP contribution is -2.34. The first-order valence-corrected chi connectivity index (χ1v) is 13.1. The molecule has 0 spiro atoms. The summed E-state index contributed by atoms with van der Waals surface area (Å²) >= 11 is 6.15. The first kappa shape index (κ1) is 23.1. The van der Waals surface area contributed by atoms with Crippen molar-refractivity contribution in [3.8, 4) is 0 Å². The molecule has 2 fully saturated rings. The van der Waals surface area contributed by atoms with Crippen molar-refractivity contribution < 1.29 is 0 Å². The molecule has 184 valence electrons. The van der Waals surface area contributed by atoms with Gasteiger partial charge in [0, 0.05) is 40.4 Å². The lowest BCUT2D eigenvalue weighted by molar-refractivity contribution is 0.203. The summed E-state index contributed by atoms with van der Waals surface area (Å²) in [5, 5.41) is 10.7. The molecule has 3 N–H and O–H groups in total. The standard InChI is InChI=1S/C29H31ClN6/c1-18-15-23(3-6-25(18)20-9-13-36(14-10-20)24-4-5-24)33-29-28-19(2)31-11-7-21(28)16-27(35-29)34-26-17-22(30)8-12-32-26/h3,6-8,11-12,15-17,20,24,31H,2,4-5,9-10,13-14H2,1H3,(H2,32,33,34,35). The van der Waals surface area contributed by atoms with Crippen molar-refractivity contribution in [2.75, 3.05) is 23.7 Å². The predicted molar refractivity (Wildman–Crippen MR) is 149 cm³/mol. The molecule has 0 atom stereocenters. The van der Waals surface area contributed by atoms with Crippen LogP contribution in [-0.4, -0.2) is 34.0 Å². The number of benzene rings is 1. The minimum absolute atomic E-state index is 0.620. The van der Waals surface area contributed by atoms with Gasteiger partial charge in [-0.25, -0.2) is 9.97 Å². The molecule has 3 aromatic rings. The third kappa shape index (κ3) is 4.84. The molecule has 0 unspecified atom stereocenters. The monoisotopic (exact) mass is 498 g/mol. The maximum atomic E-state index is 6.15. The number of nitrogens with one attached hydrogen (secondary N) is 3. The zero-order valence-electron chi connectivity index (χ0n) is 20.5. The molecule has 1 aromatic carbocycles. The molecule has 0 radical (unpaired) electrons. The van der Waals surface area contributed by atoms with Crippen molar-refractivity contribution in [1.82, 2.24) is 20.2 Å². The number of aryl methyl sites for hydroxylation is 1. The lowest BCUT2D eigenvalue weighted by atomic mass is 9.86. The second kappa shape index (κ2) is 9.60. The van der Waals surface area contributed by atoms with Crippen LogP contribution in [0.5, 0.6) is 0 Å². The fourth-order valence-electron chi connectivity index (χ4n) is 5.44. The van der Waals surface area contributed by atoms with Gasteiger partial charge in [-0.2, -0.15) is 0 Å². The van der Waals surface area contributed by atoms with Crippen LogP contribution in [0.25, 0.3) is 11.8 Å². The number of hydrogen-bond acceptors (Lipinski definition) is 6. The summed E-state index contributed by atoms with van der Waals surface area (Å²) in [4.78, 5) is 11.9. The summed E-state index contributed by atoms with van der Waals surface area (Å²) in [6, 6.07) is 13.1. The number of rotatable bonds is 6. The number of halogens is 1. The topological polar surface area (TPSA) is 65.1 Å². The van der Waals surface area contributed by atoms with Gasteiger partial charge in [-0.05, 0) is 105 Å². The Hall–Kier alpha value is -3.35. The van der Waals surface area contributed by atoms with Gasteiger partial charge in [-0.3, -0.25) is 0 Å². The molecule has 1 aliphatic carbocycles. The molecule has 0 amide bonds. The fraction of sp³-hybridized carbons (Fsp3) is 0.310. The van der Waals surface area contributed by atoms with Crippen LogP contribution in [0.4, 0.5) is 23.1 Å². The van der Waals surface area contributed by atoms with E-state index in [2.05, 4.69) is 57.5 Å². The van der Waals surface area contributed by atoms with Crippen molar-refractivity contribution >= 4 is 46.5 Å². The van der Waals surface area contributed by atoms with Crippen molar-refractivity contribution in [3.05, 3.63) is 82.7 Å². The minimum atomic E-state index is 0.620. The Kier molecular flexibility index (Phi) is 6.15. The average molecular weight is 499 g/mol. The molecule has 6 rings (SSSR count). The van der Waals surface area contributed by atoms with E-state index in [-0.39, 0.29) is 0 Å². The van der Waals surface area contributed by atoms with Gasteiger partial charge in [-0.15, -0.1) is 0 Å². The molecule has 6 nitrogen and oxygen atoms in total. The van der Waals surface area contributed by atoms with Crippen molar-refractivity contribution in [2.45, 2.75) is 44.6 Å². The van der Waals surface area contributed by atoms with Crippen LogP contribution in [0.2, 0.25) is 5.02 Å². The van der Waals surface area contributed by atoms with Crippen LogP contribution in [-0.2, 0) is 0 Å². The second-order valence-electron chi connectivity index (χ2n) is 10.00. The number of aromatic nitrogens is 2.